The van der Waals surface area contributed by atoms with Crippen LogP contribution in [-0.4, -0.2) is 51.5 Å². The fourth-order valence-corrected chi connectivity index (χ4v) is 1.31. The first-order valence-electron chi connectivity index (χ1n) is 6.36. The zero-order valence-electron chi connectivity index (χ0n) is 11.5. The summed E-state index contributed by atoms with van der Waals surface area (Å²) in [6.45, 7) is 1.80. The summed E-state index contributed by atoms with van der Waals surface area (Å²) in [4.78, 5) is 33.3. The van der Waals surface area contributed by atoms with E-state index in [4.69, 9.17) is 10.9 Å². The van der Waals surface area contributed by atoms with Crippen LogP contribution in [-0.2, 0) is 14.4 Å². The first-order valence-corrected chi connectivity index (χ1v) is 6.36. The summed E-state index contributed by atoms with van der Waals surface area (Å²) in [6.07, 6.45) is 1.79. The van der Waals surface area contributed by atoms with Crippen molar-refractivity contribution in [3.8, 4) is 0 Å². The molecule has 5 N–H and O–H groups in total. The quantitative estimate of drug-likeness (QED) is 0.267. The van der Waals surface area contributed by atoms with Crippen molar-refractivity contribution < 1.29 is 24.8 Å². The van der Waals surface area contributed by atoms with E-state index in [9.17, 15) is 19.6 Å². The maximum atomic E-state index is 11.5. The van der Waals surface area contributed by atoms with Crippen molar-refractivity contribution in [2.75, 3.05) is 13.1 Å². The predicted molar refractivity (Wildman–Crippen MR) is 68.1 cm³/mol. The van der Waals surface area contributed by atoms with Crippen molar-refractivity contribution in [1.29, 1.82) is 0 Å². The first kappa shape index (κ1) is 18.3. The van der Waals surface area contributed by atoms with Gasteiger partial charge >= 0.3 is 0 Å². The normalized spacial score (nSPS) is 10.0. The van der Waals surface area contributed by atoms with Crippen molar-refractivity contribution in [1.82, 2.24) is 15.7 Å². The van der Waals surface area contributed by atoms with Gasteiger partial charge in [-0.25, -0.2) is 10.5 Å². The van der Waals surface area contributed by atoms with Gasteiger partial charge in [0.15, 0.2) is 0 Å². The molecule has 0 spiro atoms. The molecule has 0 fully saturated rings. The Kier molecular flexibility index (Phi) is 9.26. The van der Waals surface area contributed by atoms with Crippen molar-refractivity contribution in [3.05, 3.63) is 0 Å². The third-order valence-corrected chi connectivity index (χ3v) is 2.46. The average Bonchev–Trinajstić information content (AvgIpc) is 2.40. The highest BCUT2D eigenvalue weighted by Crippen LogP contribution is 2.00. The molecule has 0 heterocycles. The lowest BCUT2D eigenvalue weighted by atomic mass is 10.2. The number of carbonyl (C=O) groups is 3. The monoisotopic (exact) mass is 290 g/mol. The van der Waals surface area contributed by atoms with E-state index in [2.05, 4.69) is 0 Å². The predicted octanol–water partition coefficient (Wildman–Crippen LogP) is -0.618. The van der Waals surface area contributed by atoms with E-state index < -0.39 is 17.7 Å². The number of nitrogens with zero attached hydrogens (tertiary/aromatic N) is 2. The summed E-state index contributed by atoms with van der Waals surface area (Å²) in [6, 6.07) is 0. The number of nitrogens with one attached hydrogen (secondary N) is 1. The zero-order valence-corrected chi connectivity index (χ0v) is 11.5. The summed E-state index contributed by atoms with van der Waals surface area (Å²) in [5.41, 5.74) is 7.18. The number of hydroxylamine groups is 3. The lowest BCUT2D eigenvalue weighted by Crippen LogP contribution is -2.43. The van der Waals surface area contributed by atoms with Crippen LogP contribution in [0, 0.1) is 0 Å². The van der Waals surface area contributed by atoms with Gasteiger partial charge in [0.25, 0.3) is 5.91 Å². The molecule has 0 saturated carbocycles. The maximum absolute atomic E-state index is 11.5. The fourth-order valence-electron chi connectivity index (χ4n) is 1.31. The van der Waals surface area contributed by atoms with Gasteiger partial charge in [0, 0.05) is 26.3 Å². The van der Waals surface area contributed by atoms with Gasteiger partial charge in [0.05, 0.1) is 0 Å². The summed E-state index contributed by atoms with van der Waals surface area (Å²) in [5, 5.41) is 18.9. The van der Waals surface area contributed by atoms with Crippen molar-refractivity contribution >= 4 is 17.7 Å². The molecule has 0 aromatic carbocycles. The molecule has 0 aliphatic rings. The molecule has 0 aliphatic heterocycles. The Morgan fingerprint density at radius 3 is 2.30 bits per heavy atom. The van der Waals surface area contributed by atoms with Gasteiger partial charge in [-0.05, 0) is 19.4 Å². The molecule has 0 atom stereocenters. The number of hydrogen-bond donors (Lipinski definition) is 4. The summed E-state index contributed by atoms with van der Waals surface area (Å²) < 4.78 is 0. The van der Waals surface area contributed by atoms with Gasteiger partial charge in [-0.15, -0.1) is 5.17 Å². The minimum absolute atomic E-state index is 0.0380. The highest BCUT2D eigenvalue weighted by atomic mass is 16.6. The zero-order chi connectivity index (χ0) is 15.5. The molecule has 9 nitrogen and oxygen atoms in total. The Labute approximate surface area is 117 Å². The number of amides is 3. The molecule has 9 heteroatoms. The summed E-state index contributed by atoms with van der Waals surface area (Å²) in [7, 11) is 0. The number of unbranched alkanes of at least 4 members (excludes halogenated alkanes) is 2. The Morgan fingerprint density at radius 1 is 1.10 bits per heavy atom. The van der Waals surface area contributed by atoms with Crippen LogP contribution in [0.15, 0.2) is 0 Å². The van der Waals surface area contributed by atoms with Gasteiger partial charge in [-0.3, -0.25) is 24.8 Å². The molecule has 20 heavy (non-hydrogen) atoms. The van der Waals surface area contributed by atoms with E-state index in [0.29, 0.717) is 18.0 Å². The molecule has 0 saturated heterocycles. The third-order valence-electron chi connectivity index (χ3n) is 2.46. The van der Waals surface area contributed by atoms with E-state index >= 15 is 0 Å². The fraction of sp³-hybridized carbons (Fsp3) is 0.727. The van der Waals surface area contributed by atoms with E-state index in [1.165, 1.54) is 0 Å². The van der Waals surface area contributed by atoms with E-state index in [1.807, 2.05) is 5.43 Å². The Morgan fingerprint density at radius 2 is 1.75 bits per heavy atom. The number of nitrogens with two attached hydrogens (primary N) is 1. The molecule has 0 aliphatic carbocycles. The first-order chi connectivity index (χ1) is 9.38. The highest BCUT2D eigenvalue weighted by molar-refractivity contribution is 5.84. The smallest absolute Gasteiger partial charge is 0.263 e. The second-order valence-electron chi connectivity index (χ2n) is 4.23. The van der Waals surface area contributed by atoms with Crippen molar-refractivity contribution in [3.63, 3.8) is 0 Å². The van der Waals surface area contributed by atoms with Crippen LogP contribution in [0.3, 0.4) is 0 Å². The van der Waals surface area contributed by atoms with Crippen LogP contribution < -0.4 is 11.2 Å². The Hall–Kier alpha value is -1.71. The SMILES string of the molecule is CC(=O)N(O)NC(=O)CCC(=O)N(O)CCCCCN. The van der Waals surface area contributed by atoms with Crippen LogP contribution in [0.5, 0.6) is 0 Å². The lowest BCUT2D eigenvalue weighted by molar-refractivity contribution is -0.182. The summed E-state index contributed by atoms with van der Waals surface area (Å²) >= 11 is 0. The van der Waals surface area contributed by atoms with Crippen LogP contribution in [0.2, 0.25) is 0 Å². The molecule has 0 radical (unpaired) electrons. The van der Waals surface area contributed by atoms with Gasteiger partial charge < -0.3 is 5.73 Å². The maximum Gasteiger partial charge on any atom is 0.263 e. The lowest BCUT2D eigenvalue weighted by Gasteiger charge is -2.16. The second kappa shape index (κ2) is 10.1. The number of hydrazine groups is 1. The second-order valence-corrected chi connectivity index (χ2v) is 4.23. The van der Waals surface area contributed by atoms with E-state index in [1.54, 1.807) is 0 Å². The topological polar surface area (TPSA) is 136 Å². The van der Waals surface area contributed by atoms with Crippen molar-refractivity contribution in [2.45, 2.75) is 39.0 Å². The van der Waals surface area contributed by atoms with Crippen LogP contribution in [0.1, 0.15) is 39.0 Å². The minimum Gasteiger partial charge on any atom is -0.330 e. The molecule has 3 amide bonds. The number of carbonyl (C=O) groups excluding carboxylic acids is 3. The van der Waals surface area contributed by atoms with Gasteiger partial charge in [0.1, 0.15) is 0 Å². The standard InChI is InChI=1S/C11H22N4O5/c1-9(16)15(20)13-10(17)5-6-11(18)14(19)8-4-2-3-7-12/h19-20H,2-8,12H2,1H3,(H,13,17). The molecular formula is C11H22N4O5. The van der Waals surface area contributed by atoms with Crippen LogP contribution in [0.25, 0.3) is 0 Å². The molecule has 0 unspecified atom stereocenters. The number of hydrogen-bond acceptors (Lipinski definition) is 6. The largest absolute Gasteiger partial charge is 0.330 e. The highest BCUT2D eigenvalue weighted by Gasteiger charge is 2.14. The minimum atomic E-state index is -0.756. The number of rotatable bonds is 8. The Bertz CT molecular complexity index is 337. The van der Waals surface area contributed by atoms with Gasteiger partial charge in [-0.1, -0.05) is 6.42 Å². The summed E-state index contributed by atoms with van der Waals surface area (Å²) in [5.74, 6) is -2.05. The average molecular weight is 290 g/mol. The molecule has 0 rings (SSSR count). The molecule has 0 aromatic rings. The van der Waals surface area contributed by atoms with Crippen LogP contribution in [0.4, 0.5) is 0 Å². The molecular weight excluding hydrogens is 268 g/mol. The van der Waals surface area contributed by atoms with Gasteiger partial charge in [0.2, 0.25) is 11.8 Å². The van der Waals surface area contributed by atoms with E-state index in [-0.39, 0.29) is 24.6 Å². The van der Waals surface area contributed by atoms with Crippen LogP contribution >= 0.6 is 0 Å². The molecule has 0 bridgehead atoms. The Balaban J connectivity index is 3.85. The molecule has 116 valence electrons. The molecule has 0 aromatic heterocycles. The van der Waals surface area contributed by atoms with Crippen molar-refractivity contribution in [2.24, 2.45) is 5.73 Å². The van der Waals surface area contributed by atoms with Gasteiger partial charge in [-0.2, -0.15) is 0 Å². The third kappa shape index (κ3) is 8.40. The van der Waals surface area contributed by atoms with E-state index in [0.717, 1.165) is 19.8 Å².